The molecule has 1 aromatic heterocycles. The summed E-state index contributed by atoms with van der Waals surface area (Å²) in [7, 11) is 0. The summed E-state index contributed by atoms with van der Waals surface area (Å²) in [5, 5.41) is 7.02. The molecule has 1 saturated carbocycles. The normalized spacial score (nSPS) is 20.3. The maximum atomic E-state index is 6.22. The SMILES string of the molecule is CC(C)(c1[nH]ncc1Br)C1(N)CC1. The number of hydrogen-bond donors (Lipinski definition) is 2. The summed E-state index contributed by atoms with van der Waals surface area (Å²) in [5.74, 6) is 0. The van der Waals surface area contributed by atoms with Crippen LogP contribution in [-0.2, 0) is 5.41 Å². The van der Waals surface area contributed by atoms with Crippen molar-refractivity contribution in [3.05, 3.63) is 16.4 Å². The van der Waals surface area contributed by atoms with Gasteiger partial charge in [-0.25, -0.2) is 0 Å². The van der Waals surface area contributed by atoms with Crippen LogP contribution in [0.5, 0.6) is 0 Å². The lowest BCUT2D eigenvalue weighted by Crippen LogP contribution is -2.43. The first-order valence-corrected chi connectivity index (χ1v) is 5.25. The van der Waals surface area contributed by atoms with Crippen LogP contribution < -0.4 is 5.73 Å². The minimum atomic E-state index is -0.0396. The second kappa shape index (κ2) is 2.58. The maximum Gasteiger partial charge on any atom is 0.0632 e. The largest absolute Gasteiger partial charge is 0.324 e. The second-order valence-electron chi connectivity index (χ2n) is 4.37. The van der Waals surface area contributed by atoms with E-state index in [0.717, 1.165) is 23.0 Å². The molecule has 0 aromatic carbocycles. The first kappa shape index (κ1) is 9.21. The Labute approximate surface area is 86.2 Å². The zero-order valence-corrected chi connectivity index (χ0v) is 9.48. The first-order valence-electron chi connectivity index (χ1n) is 4.46. The van der Waals surface area contributed by atoms with E-state index in [9.17, 15) is 0 Å². The van der Waals surface area contributed by atoms with E-state index in [1.807, 2.05) is 0 Å². The average Bonchev–Trinajstić information content (AvgIpc) is 2.63. The van der Waals surface area contributed by atoms with Gasteiger partial charge in [0.05, 0.1) is 16.4 Å². The van der Waals surface area contributed by atoms with Gasteiger partial charge in [0.25, 0.3) is 0 Å². The zero-order valence-electron chi connectivity index (χ0n) is 7.89. The molecule has 0 aliphatic heterocycles. The fraction of sp³-hybridized carbons (Fsp3) is 0.667. The topological polar surface area (TPSA) is 54.7 Å². The lowest BCUT2D eigenvalue weighted by atomic mass is 9.79. The Morgan fingerprint density at radius 2 is 2.23 bits per heavy atom. The molecule has 1 aliphatic rings. The van der Waals surface area contributed by atoms with Gasteiger partial charge in [-0.1, -0.05) is 13.8 Å². The number of nitrogens with zero attached hydrogens (tertiary/aromatic N) is 1. The van der Waals surface area contributed by atoms with Crippen LogP contribution in [0.15, 0.2) is 10.7 Å². The van der Waals surface area contributed by atoms with Crippen LogP contribution >= 0.6 is 15.9 Å². The molecule has 0 bridgehead atoms. The van der Waals surface area contributed by atoms with E-state index in [0.29, 0.717) is 0 Å². The molecule has 0 spiro atoms. The molecule has 13 heavy (non-hydrogen) atoms. The van der Waals surface area contributed by atoms with Crippen LogP contribution in [-0.4, -0.2) is 15.7 Å². The van der Waals surface area contributed by atoms with Gasteiger partial charge in [-0.05, 0) is 28.8 Å². The number of hydrogen-bond acceptors (Lipinski definition) is 2. The predicted octanol–water partition coefficient (Wildman–Crippen LogP) is 1.94. The molecule has 0 amide bonds. The van der Waals surface area contributed by atoms with E-state index in [1.54, 1.807) is 6.20 Å². The van der Waals surface area contributed by atoms with E-state index < -0.39 is 0 Å². The van der Waals surface area contributed by atoms with Crippen molar-refractivity contribution in [2.45, 2.75) is 37.6 Å². The summed E-state index contributed by atoms with van der Waals surface area (Å²) in [6.45, 7) is 4.33. The Kier molecular flexibility index (Phi) is 1.83. The summed E-state index contributed by atoms with van der Waals surface area (Å²) in [4.78, 5) is 0. The van der Waals surface area contributed by atoms with E-state index in [-0.39, 0.29) is 11.0 Å². The number of nitrogens with two attached hydrogens (primary N) is 1. The van der Waals surface area contributed by atoms with Crippen LogP contribution in [0.25, 0.3) is 0 Å². The Hall–Kier alpha value is -0.350. The molecule has 72 valence electrons. The van der Waals surface area contributed by atoms with Gasteiger partial charge in [0.15, 0.2) is 0 Å². The highest BCUT2D eigenvalue weighted by Crippen LogP contribution is 2.49. The summed E-state index contributed by atoms with van der Waals surface area (Å²) in [6, 6.07) is 0. The average molecular weight is 244 g/mol. The Bertz CT molecular complexity index is 325. The van der Waals surface area contributed by atoms with Crippen molar-refractivity contribution in [2.75, 3.05) is 0 Å². The highest BCUT2D eigenvalue weighted by atomic mass is 79.9. The van der Waals surface area contributed by atoms with Crippen molar-refractivity contribution in [3.8, 4) is 0 Å². The standard InChI is InChI=1S/C9H14BrN3/c1-8(2,9(11)3-4-9)7-6(10)5-12-13-7/h5H,3-4,11H2,1-2H3,(H,12,13). The van der Waals surface area contributed by atoms with Crippen molar-refractivity contribution in [2.24, 2.45) is 5.73 Å². The number of H-pyrrole nitrogens is 1. The molecule has 3 N–H and O–H groups in total. The van der Waals surface area contributed by atoms with Gasteiger partial charge >= 0.3 is 0 Å². The van der Waals surface area contributed by atoms with Crippen LogP contribution in [0.3, 0.4) is 0 Å². The molecule has 3 nitrogen and oxygen atoms in total. The van der Waals surface area contributed by atoms with Crippen LogP contribution in [0, 0.1) is 0 Å². The molecule has 0 radical (unpaired) electrons. The number of nitrogens with one attached hydrogen (secondary N) is 1. The molecule has 1 heterocycles. The van der Waals surface area contributed by atoms with Gasteiger partial charge in [0.2, 0.25) is 0 Å². The van der Waals surface area contributed by atoms with Crippen LogP contribution in [0.1, 0.15) is 32.4 Å². The molecule has 2 rings (SSSR count). The number of aromatic nitrogens is 2. The van der Waals surface area contributed by atoms with E-state index in [4.69, 9.17) is 5.73 Å². The maximum absolute atomic E-state index is 6.22. The first-order chi connectivity index (χ1) is 5.97. The lowest BCUT2D eigenvalue weighted by Gasteiger charge is -2.31. The monoisotopic (exact) mass is 243 g/mol. The molecule has 0 unspecified atom stereocenters. The molecule has 4 heteroatoms. The molecular formula is C9H14BrN3. The fourth-order valence-electron chi connectivity index (χ4n) is 1.72. The minimum Gasteiger partial charge on any atom is -0.324 e. The van der Waals surface area contributed by atoms with Crippen LogP contribution in [0.2, 0.25) is 0 Å². The van der Waals surface area contributed by atoms with E-state index in [2.05, 4.69) is 40.0 Å². The van der Waals surface area contributed by atoms with E-state index >= 15 is 0 Å². The molecule has 1 fully saturated rings. The third kappa shape index (κ3) is 1.23. The smallest absolute Gasteiger partial charge is 0.0632 e. The van der Waals surface area contributed by atoms with Crippen molar-refractivity contribution >= 4 is 15.9 Å². The Balaban J connectivity index is 2.40. The Morgan fingerprint density at radius 3 is 2.62 bits per heavy atom. The second-order valence-corrected chi connectivity index (χ2v) is 5.23. The fourth-order valence-corrected chi connectivity index (χ4v) is 2.41. The third-order valence-corrected chi connectivity index (χ3v) is 3.85. The van der Waals surface area contributed by atoms with Gasteiger partial charge in [-0.3, -0.25) is 5.10 Å². The summed E-state index contributed by atoms with van der Waals surface area (Å²) in [5.41, 5.74) is 7.25. The molecule has 0 saturated heterocycles. The number of rotatable bonds is 2. The number of aromatic amines is 1. The summed E-state index contributed by atoms with van der Waals surface area (Å²) >= 11 is 3.47. The minimum absolute atomic E-state index is 0.0255. The summed E-state index contributed by atoms with van der Waals surface area (Å²) in [6.07, 6.45) is 3.99. The highest BCUT2D eigenvalue weighted by molar-refractivity contribution is 9.10. The van der Waals surface area contributed by atoms with Gasteiger partial charge in [0.1, 0.15) is 0 Å². The zero-order chi connectivity index (χ0) is 9.69. The quantitative estimate of drug-likeness (QED) is 0.835. The summed E-state index contributed by atoms with van der Waals surface area (Å²) < 4.78 is 1.02. The van der Waals surface area contributed by atoms with Crippen molar-refractivity contribution < 1.29 is 0 Å². The third-order valence-electron chi connectivity index (χ3n) is 3.25. The number of halogens is 1. The van der Waals surface area contributed by atoms with E-state index in [1.165, 1.54) is 0 Å². The molecule has 1 aromatic rings. The Morgan fingerprint density at radius 1 is 1.62 bits per heavy atom. The molecule has 0 atom stereocenters. The highest BCUT2D eigenvalue weighted by Gasteiger charge is 2.53. The van der Waals surface area contributed by atoms with Gasteiger partial charge < -0.3 is 5.73 Å². The van der Waals surface area contributed by atoms with Crippen molar-refractivity contribution in [1.82, 2.24) is 10.2 Å². The van der Waals surface area contributed by atoms with Gasteiger partial charge in [0, 0.05) is 11.0 Å². The lowest BCUT2D eigenvalue weighted by molar-refractivity contribution is 0.379. The molecular weight excluding hydrogens is 230 g/mol. The van der Waals surface area contributed by atoms with Gasteiger partial charge in [-0.15, -0.1) is 0 Å². The van der Waals surface area contributed by atoms with Crippen molar-refractivity contribution in [3.63, 3.8) is 0 Å². The van der Waals surface area contributed by atoms with Crippen LogP contribution in [0.4, 0.5) is 0 Å². The molecule has 1 aliphatic carbocycles. The predicted molar refractivity (Wildman–Crippen MR) is 55.5 cm³/mol. The van der Waals surface area contributed by atoms with Gasteiger partial charge in [-0.2, -0.15) is 5.10 Å². The van der Waals surface area contributed by atoms with Crippen molar-refractivity contribution in [1.29, 1.82) is 0 Å².